The summed E-state index contributed by atoms with van der Waals surface area (Å²) >= 11 is 0. The van der Waals surface area contributed by atoms with Crippen molar-refractivity contribution in [2.45, 2.75) is 12.5 Å². The van der Waals surface area contributed by atoms with Crippen LogP contribution in [-0.4, -0.2) is 25.3 Å². The molecule has 0 radical (unpaired) electrons. The van der Waals surface area contributed by atoms with E-state index in [1.807, 2.05) is 0 Å². The van der Waals surface area contributed by atoms with E-state index in [1.165, 1.54) is 0 Å². The van der Waals surface area contributed by atoms with Crippen molar-refractivity contribution in [1.82, 2.24) is 0 Å². The zero-order chi connectivity index (χ0) is 28.4. The van der Waals surface area contributed by atoms with E-state index in [0.717, 1.165) is 37.4 Å². The van der Waals surface area contributed by atoms with E-state index in [2.05, 4.69) is 10.1 Å². The van der Waals surface area contributed by atoms with Gasteiger partial charge in [0.15, 0.2) is 11.5 Å². The number of benzene rings is 3. The number of alkyl halides is 6. The number of ether oxygens (including phenoxy) is 3. The predicted molar refractivity (Wildman–Crippen MR) is 114 cm³/mol. The van der Waals surface area contributed by atoms with Gasteiger partial charge in [-0.05, 0) is 42.5 Å². The summed E-state index contributed by atoms with van der Waals surface area (Å²) in [6, 6.07) is 5.06. The minimum absolute atomic E-state index is 0.0127. The number of carbonyl (C=O) groups excluding carboxylic acids is 2. The van der Waals surface area contributed by atoms with E-state index in [1.54, 1.807) is 0 Å². The third kappa shape index (κ3) is 6.60. The van der Waals surface area contributed by atoms with Gasteiger partial charge in [-0.1, -0.05) is 0 Å². The minimum Gasteiger partial charge on any atom is -0.493 e. The van der Waals surface area contributed by atoms with Crippen LogP contribution in [0.15, 0.2) is 48.5 Å². The first-order valence-corrected chi connectivity index (χ1v) is 10.0. The van der Waals surface area contributed by atoms with Gasteiger partial charge in [0.2, 0.25) is 0 Å². The maximum Gasteiger partial charge on any atom is 0.573 e. The standard InChI is InChI=1S/C23H14F8N2O5/c1-36-17-9-12(38-23(29,30)31)3-5-16(17)37-18-7-10(22(26,27)28)6-15(25)19(18)21(35)33-11-2-4-14(24)13(8-11)20(32)34/h2-9H,1H3,(H2,32,34)(H,33,35). The molecule has 0 bridgehead atoms. The first-order valence-electron chi connectivity index (χ1n) is 10.0. The van der Waals surface area contributed by atoms with Crippen molar-refractivity contribution in [3.63, 3.8) is 0 Å². The molecular formula is C23H14F8N2O5. The summed E-state index contributed by atoms with van der Waals surface area (Å²) in [7, 11) is 0.991. The number of rotatable bonds is 7. The molecule has 0 unspecified atom stereocenters. The van der Waals surface area contributed by atoms with Crippen LogP contribution in [0.5, 0.6) is 23.0 Å². The van der Waals surface area contributed by atoms with Crippen molar-refractivity contribution >= 4 is 17.5 Å². The fourth-order valence-electron chi connectivity index (χ4n) is 3.08. The molecule has 0 heterocycles. The van der Waals surface area contributed by atoms with Gasteiger partial charge in [0, 0.05) is 11.8 Å². The van der Waals surface area contributed by atoms with Crippen LogP contribution in [0.3, 0.4) is 0 Å². The Morgan fingerprint density at radius 1 is 0.842 bits per heavy atom. The fraction of sp³-hybridized carbons (Fsp3) is 0.130. The highest BCUT2D eigenvalue weighted by Gasteiger charge is 2.35. The molecule has 0 saturated heterocycles. The van der Waals surface area contributed by atoms with E-state index in [-0.39, 0.29) is 17.8 Å². The second kappa shape index (κ2) is 10.4. The predicted octanol–water partition coefficient (Wildman–Crippen LogP) is 6.03. The monoisotopic (exact) mass is 550 g/mol. The van der Waals surface area contributed by atoms with Crippen LogP contribution in [0.25, 0.3) is 0 Å². The zero-order valence-electron chi connectivity index (χ0n) is 18.8. The van der Waals surface area contributed by atoms with Crippen LogP contribution in [0.1, 0.15) is 26.3 Å². The second-order valence-electron chi connectivity index (χ2n) is 7.30. The fourth-order valence-corrected chi connectivity index (χ4v) is 3.08. The van der Waals surface area contributed by atoms with Crippen LogP contribution in [0.4, 0.5) is 40.8 Å². The molecule has 2 amide bonds. The highest BCUT2D eigenvalue weighted by atomic mass is 19.4. The molecule has 3 rings (SSSR count). The van der Waals surface area contributed by atoms with Gasteiger partial charge in [-0.25, -0.2) is 8.78 Å². The molecule has 3 aromatic carbocycles. The average Bonchev–Trinajstić information content (AvgIpc) is 2.79. The van der Waals surface area contributed by atoms with Gasteiger partial charge in [0.25, 0.3) is 11.8 Å². The van der Waals surface area contributed by atoms with Gasteiger partial charge < -0.3 is 25.3 Å². The van der Waals surface area contributed by atoms with Gasteiger partial charge in [0.1, 0.15) is 28.7 Å². The highest BCUT2D eigenvalue weighted by Crippen LogP contribution is 2.40. The van der Waals surface area contributed by atoms with Gasteiger partial charge in [-0.15, -0.1) is 13.2 Å². The summed E-state index contributed by atoms with van der Waals surface area (Å²) < 4.78 is 120. The maximum atomic E-state index is 14.8. The van der Waals surface area contributed by atoms with E-state index in [9.17, 15) is 44.7 Å². The van der Waals surface area contributed by atoms with Crippen molar-refractivity contribution in [2.75, 3.05) is 12.4 Å². The minimum atomic E-state index is -5.09. The number of nitrogens with two attached hydrogens (primary N) is 1. The second-order valence-corrected chi connectivity index (χ2v) is 7.30. The Labute approximate surface area is 207 Å². The molecule has 0 aliphatic heterocycles. The van der Waals surface area contributed by atoms with Crippen molar-refractivity contribution in [2.24, 2.45) is 5.73 Å². The molecule has 0 fully saturated rings. The molecule has 3 N–H and O–H groups in total. The SMILES string of the molecule is COc1cc(OC(F)(F)F)ccc1Oc1cc(C(F)(F)F)cc(F)c1C(=O)Nc1ccc(F)c(C(N)=O)c1. The van der Waals surface area contributed by atoms with Gasteiger partial charge in [-0.2, -0.15) is 13.2 Å². The summed E-state index contributed by atoms with van der Waals surface area (Å²) in [5.74, 6) is -8.07. The number of methoxy groups -OCH3 is 1. The van der Waals surface area contributed by atoms with E-state index in [4.69, 9.17) is 15.2 Å². The Bertz CT molecular complexity index is 1390. The van der Waals surface area contributed by atoms with Crippen molar-refractivity contribution in [3.8, 4) is 23.0 Å². The van der Waals surface area contributed by atoms with Crippen molar-refractivity contribution in [1.29, 1.82) is 0 Å². The maximum absolute atomic E-state index is 14.8. The first-order chi connectivity index (χ1) is 17.6. The summed E-state index contributed by atoms with van der Waals surface area (Å²) in [4.78, 5) is 24.2. The van der Waals surface area contributed by atoms with E-state index < -0.39 is 75.7 Å². The molecule has 0 atom stereocenters. The lowest BCUT2D eigenvalue weighted by atomic mass is 10.1. The molecule has 0 spiro atoms. The molecule has 3 aromatic rings. The smallest absolute Gasteiger partial charge is 0.493 e. The van der Waals surface area contributed by atoms with Crippen LogP contribution in [0, 0.1) is 11.6 Å². The number of primary amides is 1. The zero-order valence-corrected chi connectivity index (χ0v) is 18.8. The number of hydrogen-bond acceptors (Lipinski definition) is 5. The van der Waals surface area contributed by atoms with Crippen LogP contribution >= 0.6 is 0 Å². The Kier molecular flexibility index (Phi) is 7.69. The molecule has 7 nitrogen and oxygen atoms in total. The summed E-state index contributed by atoms with van der Waals surface area (Å²) in [6.45, 7) is 0. The quantitative estimate of drug-likeness (QED) is 0.350. The number of nitrogens with one attached hydrogen (secondary N) is 1. The van der Waals surface area contributed by atoms with Crippen molar-refractivity contribution in [3.05, 3.63) is 76.9 Å². The molecule has 202 valence electrons. The molecular weight excluding hydrogens is 536 g/mol. The number of halogens is 8. The number of hydrogen-bond donors (Lipinski definition) is 2. The largest absolute Gasteiger partial charge is 0.573 e. The lowest BCUT2D eigenvalue weighted by Crippen LogP contribution is -2.18. The number of carbonyl (C=O) groups is 2. The topological polar surface area (TPSA) is 99.9 Å². The highest BCUT2D eigenvalue weighted by molar-refractivity contribution is 6.07. The van der Waals surface area contributed by atoms with E-state index in [0.29, 0.717) is 6.07 Å². The molecule has 38 heavy (non-hydrogen) atoms. The number of anilines is 1. The number of amides is 2. The molecule has 15 heteroatoms. The molecule has 0 aliphatic carbocycles. The normalized spacial score (nSPS) is 11.6. The Morgan fingerprint density at radius 3 is 2.11 bits per heavy atom. The Hall–Kier alpha value is -4.56. The first kappa shape index (κ1) is 28.0. The third-order valence-corrected chi connectivity index (χ3v) is 4.69. The summed E-state index contributed by atoms with van der Waals surface area (Å²) in [6.07, 6.45) is -10.2. The molecule has 0 saturated carbocycles. The Morgan fingerprint density at radius 2 is 1.53 bits per heavy atom. The van der Waals surface area contributed by atoms with Crippen LogP contribution < -0.4 is 25.3 Å². The average molecular weight is 550 g/mol. The van der Waals surface area contributed by atoms with Gasteiger partial charge in [-0.3, -0.25) is 9.59 Å². The molecule has 0 aromatic heterocycles. The summed E-state index contributed by atoms with van der Waals surface area (Å²) in [5, 5.41) is 2.08. The van der Waals surface area contributed by atoms with Crippen molar-refractivity contribution < 1.29 is 58.9 Å². The van der Waals surface area contributed by atoms with Gasteiger partial charge in [0.05, 0.1) is 18.2 Å². The lowest BCUT2D eigenvalue weighted by Gasteiger charge is -2.18. The summed E-state index contributed by atoms with van der Waals surface area (Å²) in [5.41, 5.74) is 1.48. The van der Waals surface area contributed by atoms with Crippen LogP contribution in [0.2, 0.25) is 0 Å². The van der Waals surface area contributed by atoms with E-state index >= 15 is 0 Å². The molecule has 0 aliphatic rings. The lowest BCUT2D eigenvalue weighted by molar-refractivity contribution is -0.274. The third-order valence-electron chi connectivity index (χ3n) is 4.69. The van der Waals surface area contributed by atoms with Gasteiger partial charge >= 0.3 is 12.5 Å². The Balaban J connectivity index is 2.06. The van der Waals surface area contributed by atoms with Crippen LogP contribution in [-0.2, 0) is 6.18 Å².